The van der Waals surface area contributed by atoms with Crippen LogP contribution >= 0.6 is 0 Å². The molecule has 1 heterocycles. The summed E-state index contributed by atoms with van der Waals surface area (Å²) in [5.74, 6) is 0. The fourth-order valence-corrected chi connectivity index (χ4v) is 2.37. The van der Waals surface area contributed by atoms with E-state index < -0.39 is 10.0 Å². The van der Waals surface area contributed by atoms with E-state index in [-0.39, 0.29) is 11.6 Å². The van der Waals surface area contributed by atoms with Crippen LogP contribution in [-0.2, 0) is 16.6 Å². The number of sulfonamides is 1. The Labute approximate surface area is 102 Å². The number of imidazole rings is 1. The molecule has 0 aliphatic carbocycles. The Kier molecular flexibility index (Phi) is 5.60. The van der Waals surface area contributed by atoms with E-state index in [2.05, 4.69) is 9.71 Å². The van der Waals surface area contributed by atoms with Gasteiger partial charge in [0.1, 0.15) is 0 Å². The molecule has 0 saturated heterocycles. The van der Waals surface area contributed by atoms with Crippen molar-refractivity contribution in [2.75, 3.05) is 13.2 Å². The number of aliphatic hydroxyl groups excluding tert-OH is 1. The van der Waals surface area contributed by atoms with Gasteiger partial charge in [-0.05, 0) is 26.2 Å². The van der Waals surface area contributed by atoms with E-state index in [1.54, 1.807) is 4.57 Å². The van der Waals surface area contributed by atoms with Crippen molar-refractivity contribution < 1.29 is 13.5 Å². The molecule has 1 rings (SSSR count). The average Bonchev–Trinajstić information content (AvgIpc) is 2.78. The van der Waals surface area contributed by atoms with Gasteiger partial charge in [0.2, 0.25) is 0 Å². The number of hydrogen-bond donors (Lipinski definition) is 2. The number of aryl methyl sites for hydroxylation is 1. The second-order valence-corrected chi connectivity index (χ2v) is 5.44. The maximum Gasteiger partial charge on any atom is 0.259 e. The predicted octanol–water partition coefficient (Wildman–Crippen LogP) is 0.344. The highest BCUT2D eigenvalue weighted by atomic mass is 32.2. The fourth-order valence-electron chi connectivity index (χ4n) is 1.35. The van der Waals surface area contributed by atoms with Gasteiger partial charge in [0.15, 0.2) is 5.03 Å². The van der Waals surface area contributed by atoms with E-state index in [0.29, 0.717) is 25.9 Å². The largest absolute Gasteiger partial charge is 0.396 e. The molecule has 0 unspecified atom stereocenters. The van der Waals surface area contributed by atoms with Gasteiger partial charge in [-0.3, -0.25) is 0 Å². The molecule has 6 nitrogen and oxygen atoms in total. The van der Waals surface area contributed by atoms with Gasteiger partial charge in [0.25, 0.3) is 10.0 Å². The summed E-state index contributed by atoms with van der Waals surface area (Å²) in [6, 6.07) is 0. The molecule has 0 spiro atoms. The van der Waals surface area contributed by atoms with E-state index in [0.717, 1.165) is 6.42 Å². The molecule has 1 aromatic heterocycles. The van der Waals surface area contributed by atoms with Crippen molar-refractivity contribution in [3.63, 3.8) is 0 Å². The normalized spacial score (nSPS) is 11.9. The Bertz CT molecular complexity index is 428. The van der Waals surface area contributed by atoms with E-state index in [1.807, 2.05) is 6.92 Å². The molecule has 0 amide bonds. The Hall–Kier alpha value is -0.920. The zero-order chi connectivity index (χ0) is 12.7. The minimum Gasteiger partial charge on any atom is -0.396 e. The quantitative estimate of drug-likeness (QED) is 0.661. The predicted molar refractivity (Wildman–Crippen MR) is 64.0 cm³/mol. The third-order valence-electron chi connectivity index (χ3n) is 2.38. The van der Waals surface area contributed by atoms with Crippen LogP contribution in [-0.4, -0.2) is 36.2 Å². The molecule has 0 saturated carbocycles. The SMILES string of the molecule is CCn1cnc(S(=O)(=O)NCCCCCO)c1. The first-order valence-corrected chi connectivity index (χ1v) is 7.20. The van der Waals surface area contributed by atoms with Crippen molar-refractivity contribution in [3.8, 4) is 0 Å². The maximum atomic E-state index is 11.8. The van der Waals surface area contributed by atoms with Gasteiger partial charge >= 0.3 is 0 Å². The molecule has 98 valence electrons. The smallest absolute Gasteiger partial charge is 0.259 e. The average molecular weight is 261 g/mol. The lowest BCUT2D eigenvalue weighted by molar-refractivity contribution is 0.283. The number of nitrogens with zero attached hydrogens (tertiary/aromatic N) is 2. The third kappa shape index (κ3) is 4.45. The van der Waals surface area contributed by atoms with E-state index in [1.165, 1.54) is 12.5 Å². The van der Waals surface area contributed by atoms with Crippen LogP contribution in [0, 0.1) is 0 Å². The molecule has 0 atom stereocenters. The Morgan fingerprint density at radius 2 is 2.18 bits per heavy atom. The van der Waals surface area contributed by atoms with E-state index >= 15 is 0 Å². The first kappa shape index (κ1) is 14.1. The fraction of sp³-hybridized carbons (Fsp3) is 0.700. The number of unbranched alkanes of at least 4 members (excludes halogenated alkanes) is 2. The topological polar surface area (TPSA) is 84.2 Å². The summed E-state index contributed by atoms with van der Waals surface area (Å²) in [5, 5.41) is 8.64. The number of nitrogens with one attached hydrogen (secondary N) is 1. The molecular weight excluding hydrogens is 242 g/mol. The number of aliphatic hydroxyl groups is 1. The second-order valence-electron chi connectivity index (χ2n) is 3.72. The van der Waals surface area contributed by atoms with Crippen molar-refractivity contribution in [2.24, 2.45) is 0 Å². The van der Waals surface area contributed by atoms with Gasteiger partial charge in [-0.15, -0.1) is 0 Å². The van der Waals surface area contributed by atoms with E-state index in [4.69, 9.17) is 5.11 Å². The van der Waals surface area contributed by atoms with Crippen molar-refractivity contribution >= 4 is 10.0 Å². The van der Waals surface area contributed by atoms with Gasteiger partial charge in [-0.25, -0.2) is 18.1 Å². The van der Waals surface area contributed by atoms with Crippen LogP contribution < -0.4 is 4.72 Å². The van der Waals surface area contributed by atoms with Crippen LogP contribution in [0.1, 0.15) is 26.2 Å². The zero-order valence-electron chi connectivity index (χ0n) is 9.96. The summed E-state index contributed by atoms with van der Waals surface area (Å²) in [4.78, 5) is 3.85. The number of hydrogen-bond acceptors (Lipinski definition) is 4. The Morgan fingerprint density at radius 3 is 2.76 bits per heavy atom. The molecule has 0 radical (unpaired) electrons. The van der Waals surface area contributed by atoms with Crippen LogP contribution in [0.2, 0.25) is 0 Å². The molecule has 0 aromatic carbocycles. The molecule has 0 aliphatic heterocycles. The van der Waals surface area contributed by atoms with Crippen molar-refractivity contribution in [1.82, 2.24) is 14.3 Å². The highest BCUT2D eigenvalue weighted by Crippen LogP contribution is 2.05. The van der Waals surface area contributed by atoms with Crippen molar-refractivity contribution in [1.29, 1.82) is 0 Å². The van der Waals surface area contributed by atoms with Crippen molar-refractivity contribution in [2.45, 2.75) is 37.8 Å². The first-order chi connectivity index (χ1) is 8.10. The molecule has 7 heteroatoms. The monoisotopic (exact) mass is 261 g/mol. The minimum absolute atomic E-state index is 0.0570. The highest BCUT2D eigenvalue weighted by Gasteiger charge is 2.15. The molecule has 2 N–H and O–H groups in total. The lowest BCUT2D eigenvalue weighted by Crippen LogP contribution is -2.25. The number of rotatable bonds is 8. The van der Waals surface area contributed by atoms with Crippen LogP contribution in [0.4, 0.5) is 0 Å². The molecule has 17 heavy (non-hydrogen) atoms. The third-order valence-corrected chi connectivity index (χ3v) is 3.72. The lowest BCUT2D eigenvalue weighted by Gasteiger charge is -2.03. The first-order valence-electron chi connectivity index (χ1n) is 5.72. The summed E-state index contributed by atoms with van der Waals surface area (Å²) in [7, 11) is -3.48. The number of aromatic nitrogens is 2. The van der Waals surface area contributed by atoms with Gasteiger partial charge in [-0.2, -0.15) is 0 Å². The van der Waals surface area contributed by atoms with Gasteiger partial charge < -0.3 is 9.67 Å². The Balaban J connectivity index is 2.45. The van der Waals surface area contributed by atoms with Crippen LogP contribution in [0.5, 0.6) is 0 Å². The Morgan fingerprint density at radius 1 is 1.41 bits per heavy atom. The maximum absolute atomic E-state index is 11.8. The second kappa shape index (κ2) is 6.73. The van der Waals surface area contributed by atoms with Crippen LogP contribution in [0.25, 0.3) is 0 Å². The summed E-state index contributed by atoms with van der Waals surface area (Å²) in [6.07, 6.45) is 5.24. The summed E-state index contributed by atoms with van der Waals surface area (Å²) >= 11 is 0. The molecule has 0 aliphatic rings. The standard InChI is InChI=1S/C10H19N3O3S/c1-2-13-8-10(11-9-13)17(15,16)12-6-4-3-5-7-14/h8-9,12,14H,2-7H2,1H3. The summed E-state index contributed by atoms with van der Waals surface area (Å²) < 4.78 is 27.7. The molecule has 0 fully saturated rings. The van der Waals surface area contributed by atoms with Crippen LogP contribution in [0.3, 0.4) is 0 Å². The van der Waals surface area contributed by atoms with E-state index in [9.17, 15) is 8.42 Å². The summed E-state index contributed by atoms with van der Waals surface area (Å²) in [6.45, 7) is 3.13. The minimum atomic E-state index is -3.48. The summed E-state index contributed by atoms with van der Waals surface area (Å²) in [5.41, 5.74) is 0. The van der Waals surface area contributed by atoms with Gasteiger partial charge in [-0.1, -0.05) is 0 Å². The molecule has 1 aromatic rings. The molecule has 0 bridgehead atoms. The molecular formula is C10H19N3O3S. The highest BCUT2D eigenvalue weighted by molar-refractivity contribution is 7.89. The lowest BCUT2D eigenvalue weighted by atomic mass is 10.2. The zero-order valence-corrected chi connectivity index (χ0v) is 10.8. The van der Waals surface area contributed by atoms with Gasteiger partial charge in [0, 0.05) is 25.9 Å². The van der Waals surface area contributed by atoms with Crippen LogP contribution in [0.15, 0.2) is 17.6 Å². The van der Waals surface area contributed by atoms with Gasteiger partial charge in [0.05, 0.1) is 6.33 Å². The van der Waals surface area contributed by atoms with Crippen molar-refractivity contribution in [3.05, 3.63) is 12.5 Å².